The number of nitrogens with zero attached hydrogens (tertiary/aromatic N) is 1. The van der Waals surface area contributed by atoms with Crippen LogP contribution in [-0.2, 0) is 9.53 Å². The van der Waals surface area contributed by atoms with Crippen molar-refractivity contribution in [1.82, 2.24) is 4.98 Å². The monoisotopic (exact) mass is 504 g/mol. The van der Waals surface area contributed by atoms with Gasteiger partial charge in [0.2, 0.25) is 0 Å². The molecule has 1 saturated heterocycles. The lowest BCUT2D eigenvalue weighted by atomic mass is 10.0. The summed E-state index contributed by atoms with van der Waals surface area (Å²) in [5, 5.41) is 17.4. The number of primary amides is 1. The number of aromatic hydroxyl groups is 1. The quantitative estimate of drug-likeness (QED) is 0.513. The maximum absolute atomic E-state index is 11.5. The van der Waals surface area contributed by atoms with Gasteiger partial charge in [-0.05, 0) is 44.2 Å². The van der Waals surface area contributed by atoms with Crippen LogP contribution in [0.5, 0.6) is 17.2 Å². The van der Waals surface area contributed by atoms with Crippen molar-refractivity contribution < 1.29 is 34.0 Å². The lowest BCUT2D eigenvalue weighted by Crippen LogP contribution is -2.26. The molecule has 2 unspecified atom stereocenters. The second-order valence-electron chi connectivity index (χ2n) is 8.84. The summed E-state index contributed by atoms with van der Waals surface area (Å²) in [6.45, 7) is 6.20. The molecule has 200 valence electrons. The molecule has 0 saturated carbocycles. The van der Waals surface area contributed by atoms with Crippen LogP contribution in [0.4, 0.5) is 0 Å². The van der Waals surface area contributed by atoms with E-state index in [1.165, 1.54) is 19.4 Å². The number of amides is 1. The van der Waals surface area contributed by atoms with Crippen LogP contribution in [0.25, 0.3) is 0 Å². The van der Waals surface area contributed by atoms with Crippen LogP contribution in [0.1, 0.15) is 69.8 Å². The Kier molecular flexibility index (Phi) is 14.6. The zero-order valence-corrected chi connectivity index (χ0v) is 21.7. The zero-order valence-electron chi connectivity index (χ0n) is 21.7. The van der Waals surface area contributed by atoms with Gasteiger partial charge in [-0.3, -0.25) is 9.59 Å². The number of carbonyl (C=O) groups excluding carboxylic acids is 2. The summed E-state index contributed by atoms with van der Waals surface area (Å²) in [6, 6.07) is 11.3. The number of esters is 1. The van der Waals surface area contributed by atoms with Crippen molar-refractivity contribution in [2.24, 2.45) is 11.7 Å². The molecule has 1 amide bonds. The SMILES string of the molecule is CC(C)CO.CC1CC(Oc2ccccc2)CCCCCC(=O)O1.COc1ccnc(C(N)=O)c1O. The minimum absolute atomic E-state index is 0.0701. The molecule has 1 fully saturated rings. The van der Waals surface area contributed by atoms with E-state index in [1.54, 1.807) is 0 Å². The molecule has 1 aliphatic heterocycles. The number of pyridine rings is 1. The fourth-order valence-corrected chi connectivity index (χ4v) is 3.22. The van der Waals surface area contributed by atoms with Gasteiger partial charge in [0.1, 0.15) is 18.0 Å². The van der Waals surface area contributed by atoms with Crippen LogP contribution in [0.3, 0.4) is 0 Å². The minimum atomic E-state index is -0.786. The minimum Gasteiger partial charge on any atom is -0.503 e. The summed E-state index contributed by atoms with van der Waals surface area (Å²) in [7, 11) is 1.37. The van der Waals surface area contributed by atoms with Gasteiger partial charge >= 0.3 is 5.97 Å². The van der Waals surface area contributed by atoms with E-state index in [9.17, 15) is 14.7 Å². The average molecular weight is 505 g/mol. The van der Waals surface area contributed by atoms with Crippen LogP contribution in [0.2, 0.25) is 0 Å². The molecule has 2 heterocycles. The summed E-state index contributed by atoms with van der Waals surface area (Å²) in [4.78, 5) is 25.7. The summed E-state index contributed by atoms with van der Waals surface area (Å²) in [6.07, 6.45) is 6.83. The normalized spacial score (nSPS) is 17.9. The number of para-hydroxylation sites is 1. The molecule has 4 N–H and O–H groups in total. The number of aliphatic hydroxyl groups excluding tert-OH is 1. The van der Waals surface area contributed by atoms with Gasteiger partial charge in [0, 0.05) is 31.7 Å². The Bertz CT molecular complexity index is 906. The highest BCUT2D eigenvalue weighted by Gasteiger charge is 2.19. The number of aliphatic hydroxyl groups is 1. The first-order valence-corrected chi connectivity index (χ1v) is 12.2. The summed E-state index contributed by atoms with van der Waals surface area (Å²) >= 11 is 0. The first-order valence-electron chi connectivity index (χ1n) is 12.2. The smallest absolute Gasteiger partial charge is 0.306 e. The first-order chi connectivity index (χ1) is 17.2. The summed E-state index contributed by atoms with van der Waals surface area (Å²) in [5.41, 5.74) is 4.74. The Balaban J connectivity index is 0.000000325. The number of aromatic nitrogens is 1. The second-order valence-corrected chi connectivity index (χ2v) is 8.84. The predicted molar refractivity (Wildman–Crippen MR) is 137 cm³/mol. The van der Waals surface area contributed by atoms with Gasteiger partial charge in [-0.25, -0.2) is 4.98 Å². The molecule has 36 heavy (non-hydrogen) atoms. The summed E-state index contributed by atoms with van der Waals surface area (Å²) in [5.74, 6) is 0.323. The number of ether oxygens (including phenoxy) is 3. The van der Waals surface area contributed by atoms with Gasteiger partial charge in [-0.1, -0.05) is 38.5 Å². The van der Waals surface area contributed by atoms with Crippen molar-refractivity contribution >= 4 is 11.9 Å². The molecule has 1 aromatic carbocycles. The zero-order chi connectivity index (χ0) is 26.9. The maximum atomic E-state index is 11.5. The molecule has 0 bridgehead atoms. The van der Waals surface area contributed by atoms with E-state index in [4.69, 9.17) is 25.1 Å². The average Bonchev–Trinajstić information content (AvgIpc) is 2.84. The van der Waals surface area contributed by atoms with Gasteiger partial charge in [0.15, 0.2) is 17.2 Å². The largest absolute Gasteiger partial charge is 0.503 e. The Labute approximate surface area is 213 Å². The number of nitrogens with two attached hydrogens (primary N) is 1. The Hall–Kier alpha value is -3.33. The van der Waals surface area contributed by atoms with E-state index in [2.05, 4.69) is 4.98 Å². The third-order valence-electron chi connectivity index (χ3n) is 5.09. The lowest BCUT2D eigenvalue weighted by molar-refractivity contribution is -0.149. The van der Waals surface area contributed by atoms with Crippen molar-refractivity contribution in [2.45, 2.75) is 71.5 Å². The van der Waals surface area contributed by atoms with Gasteiger partial charge in [-0.15, -0.1) is 0 Å². The molecule has 0 aliphatic carbocycles. The van der Waals surface area contributed by atoms with Gasteiger partial charge < -0.3 is 30.2 Å². The predicted octanol–water partition coefficient (Wildman–Crippen LogP) is 4.25. The molecule has 9 nitrogen and oxygen atoms in total. The van der Waals surface area contributed by atoms with Crippen LogP contribution in [-0.4, -0.2) is 53.0 Å². The van der Waals surface area contributed by atoms with Crippen LogP contribution >= 0.6 is 0 Å². The number of carbonyl (C=O) groups is 2. The molecular formula is C27H40N2O7. The van der Waals surface area contributed by atoms with E-state index in [1.807, 2.05) is 51.1 Å². The molecule has 0 radical (unpaired) electrons. The van der Waals surface area contributed by atoms with Crippen molar-refractivity contribution in [2.75, 3.05) is 13.7 Å². The van der Waals surface area contributed by atoms with Crippen molar-refractivity contribution in [1.29, 1.82) is 0 Å². The van der Waals surface area contributed by atoms with Gasteiger partial charge in [-0.2, -0.15) is 0 Å². The number of cyclic esters (lactones) is 1. The third-order valence-corrected chi connectivity index (χ3v) is 5.09. The Morgan fingerprint density at radius 3 is 2.44 bits per heavy atom. The Morgan fingerprint density at radius 2 is 1.86 bits per heavy atom. The first kappa shape index (κ1) is 30.7. The van der Waals surface area contributed by atoms with Crippen LogP contribution < -0.4 is 15.2 Å². The number of rotatable bonds is 5. The molecule has 2 atom stereocenters. The molecule has 1 aliphatic rings. The highest BCUT2D eigenvalue weighted by atomic mass is 16.5. The molecule has 0 spiro atoms. The van der Waals surface area contributed by atoms with Crippen molar-refractivity contribution in [3.05, 3.63) is 48.3 Å². The maximum Gasteiger partial charge on any atom is 0.306 e. The van der Waals surface area contributed by atoms with E-state index in [0.717, 1.165) is 37.9 Å². The number of methoxy groups -OCH3 is 1. The molecule has 1 aromatic heterocycles. The fourth-order valence-electron chi connectivity index (χ4n) is 3.22. The van der Waals surface area contributed by atoms with Gasteiger partial charge in [0.05, 0.1) is 7.11 Å². The van der Waals surface area contributed by atoms with Crippen molar-refractivity contribution in [3.63, 3.8) is 0 Å². The van der Waals surface area contributed by atoms with E-state index < -0.39 is 5.91 Å². The number of benzene rings is 1. The Morgan fingerprint density at radius 1 is 1.19 bits per heavy atom. The van der Waals surface area contributed by atoms with E-state index >= 15 is 0 Å². The number of hydrogen-bond donors (Lipinski definition) is 3. The van der Waals surface area contributed by atoms with E-state index in [0.29, 0.717) is 18.9 Å². The number of hydrogen-bond acceptors (Lipinski definition) is 8. The van der Waals surface area contributed by atoms with Crippen molar-refractivity contribution in [3.8, 4) is 17.2 Å². The van der Waals surface area contributed by atoms with E-state index in [-0.39, 0.29) is 35.4 Å². The topological polar surface area (TPSA) is 141 Å². The second kappa shape index (κ2) is 17.2. The third kappa shape index (κ3) is 12.4. The van der Waals surface area contributed by atoms with Gasteiger partial charge in [0.25, 0.3) is 5.91 Å². The molecule has 2 aromatic rings. The molecule has 9 heteroatoms. The molecular weight excluding hydrogens is 464 g/mol. The standard InChI is InChI=1S/C16H22O3.C7H8N2O3.C4H10O/c1-13-12-15(19-14-8-4-2-5-9-14)10-6-3-7-11-16(17)18-13;1-12-4-2-3-9-5(6(4)10)7(8)11;1-4(2)3-5/h2,4-5,8-9,13,15H,3,6-7,10-12H2,1H3;2-3,10H,1H3,(H2,8,11);4-5H,3H2,1-2H3. The van der Waals surface area contributed by atoms with Crippen LogP contribution in [0, 0.1) is 5.92 Å². The summed E-state index contributed by atoms with van der Waals surface area (Å²) < 4.78 is 16.1. The lowest BCUT2D eigenvalue weighted by Gasteiger charge is -2.24. The molecule has 3 rings (SSSR count). The highest BCUT2D eigenvalue weighted by molar-refractivity contribution is 5.94. The highest BCUT2D eigenvalue weighted by Crippen LogP contribution is 2.26. The fraction of sp³-hybridized carbons (Fsp3) is 0.519. The van der Waals surface area contributed by atoms with Crippen LogP contribution in [0.15, 0.2) is 42.6 Å².